The van der Waals surface area contributed by atoms with Gasteiger partial charge in [0.1, 0.15) is 12.6 Å². The lowest BCUT2D eigenvalue weighted by Crippen LogP contribution is -2.44. The summed E-state index contributed by atoms with van der Waals surface area (Å²) in [7, 11) is -3.55. The van der Waals surface area contributed by atoms with Gasteiger partial charge in [0.15, 0.2) is 0 Å². The lowest BCUT2D eigenvalue weighted by Gasteiger charge is -2.32. The topological polar surface area (TPSA) is 102 Å². The van der Waals surface area contributed by atoms with Gasteiger partial charge in [-0.15, -0.1) is 0 Å². The summed E-state index contributed by atoms with van der Waals surface area (Å²) in [6, 6.07) is 21.5. The van der Waals surface area contributed by atoms with Crippen LogP contribution in [-0.4, -0.2) is 41.0 Å². The number of rotatable bonds is 9. The van der Waals surface area contributed by atoms with E-state index >= 15 is 0 Å². The Bertz CT molecular complexity index is 1420. The Morgan fingerprint density at radius 3 is 1.76 bits per heavy atom. The zero-order valence-electron chi connectivity index (χ0n) is 25.3. The molecule has 3 aromatic carbocycles. The second-order valence-electron chi connectivity index (χ2n) is 12.5. The number of nitrogens with zero attached hydrogens (tertiary/aromatic N) is 1. The Labute approximate surface area is 248 Å². The number of fused-ring (bicyclic) bond motifs is 3. The zero-order valence-corrected chi connectivity index (χ0v) is 26.2. The highest BCUT2D eigenvalue weighted by molar-refractivity contribution is 7.53. The van der Waals surface area contributed by atoms with Crippen LogP contribution in [0.4, 0.5) is 10.5 Å². The van der Waals surface area contributed by atoms with Gasteiger partial charge in [-0.2, -0.15) is 0 Å². The van der Waals surface area contributed by atoms with Crippen LogP contribution in [-0.2, 0) is 29.3 Å². The van der Waals surface area contributed by atoms with Crippen molar-refractivity contribution >= 4 is 25.3 Å². The third kappa shape index (κ3) is 7.49. The molecule has 1 atom stereocenters. The Hall–Kier alpha value is -3.45. The molecule has 1 aliphatic carbocycles. The number of anilines is 1. The molecule has 1 N–H and O–H groups in total. The highest BCUT2D eigenvalue weighted by Gasteiger charge is 2.36. The first-order chi connectivity index (χ1) is 19.6. The van der Waals surface area contributed by atoms with Crippen molar-refractivity contribution < 1.29 is 33.0 Å². The van der Waals surface area contributed by atoms with Crippen molar-refractivity contribution in [2.24, 2.45) is 0 Å². The van der Waals surface area contributed by atoms with Crippen LogP contribution in [0.15, 0.2) is 72.8 Å². The fourth-order valence-electron chi connectivity index (χ4n) is 5.16. The van der Waals surface area contributed by atoms with Crippen LogP contribution in [0, 0.1) is 0 Å². The Kier molecular flexibility index (Phi) is 9.02. The van der Waals surface area contributed by atoms with E-state index in [4.69, 9.17) is 13.8 Å². The number of carbonyl (C=O) groups is 2. The van der Waals surface area contributed by atoms with Crippen molar-refractivity contribution in [1.29, 1.82) is 0 Å². The lowest BCUT2D eigenvalue weighted by atomic mass is 9.98. The molecule has 4 rings (SSSR count). The molecule has 0 spiro atoms. The minimum atomic E-state index is -3.55. The van der Waals surface area contributed by atoms with Crippen LogP contribution in [0.3, 0.4) is 0 Å². The largest absolute Gasteiger partial charge is 0.480 e. The van der Waals surface area contributed by atoms with Crippen molar-refractivity contribution in [3.8, 4) is 11.1 Å². The highest BCUT2D eigenvalue weighted by atomic mass is 31.2. The predicted molar refractivity (Wildman–Crippen MR) is 164 cm³/mol. The number of carboxylic acids is 1. The highest BCUT2D eigenvalue weighted by Crippen LogP contribution is 2.57. The Morgan fingerprint density at radius 1 is 0.833 bits per heavy atom. The molecule has 0 aliphatic heterocycles. The number of carboxylic acid groups (broad SMARTS) is 1. The zero-order chi connectivity index (χ0) is 30.9. The van der Waals surface area contributed by atoms with Gasteiger partial charge >= 0.3 is 19.7 Å². The molecule has 1 aliphatic rings. The molecule has 0 saturated carbocycles. The molecule has 8 nitrogen and oxygen atoms in total. The van der Waals surface area contributed by atoms with Gasteiger partial charge in [0.25, 0.3) is 0 Å². The number of hydrogen-bond donors (Lipinski definition) is 1. The normalized spacial score (nSPS) is 14.2. The van der Waals surface area contributed by atoms with Gasteiger partial charge in [0.05, 0.1) is 17.4 Å². The fraction of sp³-hybridized carbons (Fsp3) is 0.394. The van der Waals surface area contributed by atoms with Gasteiger partial charge in [0, 0.05) is 11.6 Å². The molecule has 0 fully saturated rings. The molecule has 0 heterocycles. The summed E-state index contributed by atoms with van der Waals surface area (Å²) in [4.78, 5) is 26.6. The summed E-state index contributed by atoms with van der Waals surface area (Å²) >= 11 is 0. The summed E-state index contributed by atoms with van der Waals surface area (Å²) in [5.41, 5.74) is 3.94. The van der Waals surface area contributed by atoms with Crippen LogP contribution < -0.4 is 4.90 Å². The molecule has 0 bridgehead atoms. The summed E-state index contributed by atoms with van der Waals surface area (Å²) in [6.07, 6.45) is -0.751. The van der Waals surface area contributed by atoms with E-state index in [0.29, 0.717) is 11.3 Å². The number of amides is 1. The molecular weight excluding hydrogens is 553 g/mol. The quantitative estimate of drug-likeness (QED) is 0.249. The molecule has 9 heteroatoms. The van der Waals surface area contributed by atoms with Crippen molar-refractivity contribution in [2.45, 2.75) is 77.8 Å². The van der Waals surface area contributed by atoms with E-state index in [-0.39, 0.29) is 18.7 Å². The first-order valence-corrected chi connectivity index (χ1v) is 15.8. The monoisotopic (exact) mass is 593 g/mol. The minimum Gasteiger partial charge on any atom is -0.480 e. The van der Waals surface area contributed by atoms with Gasteiger partial charge in [0.2, 0.25) is 0 Å². The Morgan fingerprint density at radius 2 is 1.31 bits per heavy atom. The smallest absolute Gasteiger partial charge is 0.415 e. The van der Waals surface area contributed by atoms with Gasteiger partial charge in [-0.25, -0.2) is 9.59 Å². The first kappa shape index (κ1) is 31.5. The third-order valence-electron chi connectivity index (χ3n) is 6.69. The fourth-order valence-corrected chi connectivity index (χ4v) is 7.66. The number of benzene rings is 3. The van der Waals surface area contributed by atoms with Crippen LogP contribution in [0.5, 0.6) is 0 Å². The van der Waals surface area contributed by atoms with E-state index in [1.54, 1.807) is 24.3 Å². The number of hydrogen-bond acceptors (Lipinski definition) is 6. The van der Waals surface area contributed by atoms with Crippen LogP contribution >= 0.6 is 7.60 Å². The molecule has 0 aromatic heterocycles. The first-order valence-electron chi connectivity index (χ1n) is 14.0. The average molecular weight is 594 g/mol. The molecule has 0 radical (unpaired) electrons. The summed E-state index contributed by atoms with van der Waals surface area (Å²) in [5, 5.41) is 9.81. The summed E-state index contributed by atoms with van der Waals surface area (Å²) in [5.74, 6) is -1.33. The van der Waals surface area contributed by atoms with Crippen LogP contribution in [0.1, 0.15) is 71.1 Å². The average Bonchev–Trinajstić information content (AvgIpc) is 3.19. The van der Waals surface area contributed by atoms with Crippen LogP contribution in [0.25, 0.3) is 11.1 Å². The lowest BCUT2D eigenvalue weighted by molar-refractivity contribution is -0.138. The summed E-state index contributed by atoms with van der Waals surface area (Å²) < 4.78 is 31.3. The van der Waals surface area contributed by atoms with Gasteiger partial charge in [-0.05, 0) is 88.4 Å². The third-order valence-corrected chi connectivity index (χ3v) is 9.10. The molecule has 42 heavy (non-hydrogen) atoms. The van der Waals surface area contributed by atoms with Crippen molar-refractivity contribution in [3.05, 3.63) is 89.5 Å². The second-order valence-corrected chi connectivity index (χ2v) is 14.4. The minimum absolute atomic E-state index is 0.0151. The maximum absolute atomic E-state index is 13.7. The molecule has 1 amide bonds. The van der Waals surface area contributed by atoms with E-state index in [1.807, 2.05) is 90.1 Å². The number of carbonyl (C=O) groups excluding carboxylic acids is 1. The van der Waals surface area contributed by atoms with Gasteiger partial charge in [-0.1, -0.05) is 60.7 Å². The SMILES string of the molecule is C[C@@H](C(=O)O)N(C(=O)OCC1c2ccccc2-c2ccccc21)c1ccc(CP(=O)(OC(C)(C)C)OC(C)(C)C)cc1. The van der Waals surface area contributed by atoms with Crippen molar-refractivity contribution in [1.82, 2.24) is 0 Å². The van der Waals surface area contributed by atoms with Crippen LogP contribution in [0.2, 0.25) is 0 Å². The van der Waals surface area contributed by atoms with E-state index in [2.05, 4.69) is 0 Å². The molecule has 3 aromatic rings. The van der Waals surface area contributed by atoms with E-state index in [0.717, 1.165) is 27.2 Å². The maximum atomic E-state index is 13.7. The van der Waals surface area contributed by atoms with E-state index in [1.165, 1.54) is 6.92 Å². The van der Waals surface area contributed by atoms with Crippen molar-refractivity contribution in [2.75, 3.05) is 11.5 Å². The standard InChI is InChI=1S/C33H40NO7P/c1-22(30(35)36)34(24-18-16-23(17-19-24)21-42(38,40-32(2,3)4)41-33(5,6)7)31(37)39-20-29-27-14-10-8-12-25(27)26-13-9-11-15-28(26)29/h8-19,22,29H,20-21H2,1-7H3,(H,35,36)/t22-/m0/s1. The van der Waals surface area contributed by atoms with E-state index < -0.39 is 36.9 Å². The van der Waals surface area contributed by atoms with E-state index in [9.17, 15) is 19.3 Å². The number of aliphatic carboxylic acids is 1. The molecule has 0 saturated heterocycles. The molecular formula is C33H40NO7P. The molecule has 224 valence electrons. The predicted octanol–water partition coefficient (Wildman–Crippen LogP) is 8.24. The Balaban J connectivity index is 1.55. The van der Waals surface area contributed by atoms with Gasteiger partial charge in [-0.3, -0.25) is 9.46 Å². The maximum Gasteiger partial charge on any atom is 0.415 e. The van der Waals surface area contributed by atoms with Crippen molar-refractivity contribution in [3.63, 3.8) is 0 Å². The molecule has 0 unspecified atom stereocenters. The number of ether oxygens (including phenoxy) is 1. The van der Waals surface area contributed by atoms with Gasteiger partial charge < -0.3 is 18.9 Å². The summed E-state index contributed by atoms with van der Waals surface area (Å²) in [6.45, 7) is 12.4. The second kappa shape index (κ2) is 12.0.